The Balaban J connectivity index is 1.89. The van der Waals surface area contributed by atoms with Gasteiger partial charge in [-0.15, -0.1) is 10.2 Å². The number of hydrogen-bond donors (Lipinski definition) is 1. The number of nitrogens with zero attached hydrogens (tertiary/aromatic N) is 6. The number of imidazole rings is 1. The molecule has 0 bridgehead atoms. The Labute approximate surface area is 145 Å². The monoisotopic (exact) mass is 363 g/mol. The summed E-state index contributed by atoms with van der Waals surface area (Å²) in [6.45, 7) is 3.86. The largest absolute Gasteiger partial charge is 0.332 e. The summed E-state index contributed by atoms with van der Waals surface area (Å²) < 4.78 is 3.67. The van der Waals surface area contributed by atoms with E-state index in [1.165, 1.54) is 40.9 Å². The van der Waals surface area contributed by atoms with Gasteiger partial charge in [0, 0.05) is 20.0 Å². The fourth-order valence-corrected chi connectivity index (χ4v) is 3.11. The normalized spacial score (nSPS) is 11.4. The van der Waals surface area contributed by atoms with Gasteiger partial charge in [-0.1, -0.05) is 25.2 Å². The van der Waals surface area contributed by atoms with Crippen molar-refractivity contribution in [2.45, 2.75) is 26.3 Å². The molecule has 0 aliphatic heterocycles. The quantitative estimate of drug-likeness (QED) is 0.700. The van der Waals surface area contributed by atoms with E-state index in [1.807, 2.05) is 13.8 Å². The number of carbonyl (C=O) groups excluding carboxylic acids is 1. The molecular formula is C14H17N7O3S. The molecule has 1 amide bonds. The number of carbonyl (C=O) groups is 1. The van der Waals surface area contributed by atoms with Crippen LogP contribution in [0, 0.1) is 0 Å². The maximum atomic E-state index is 12.3. The molecule has 0 aromatic carbocycles. The summed E-state index contributed by atoms with van der Waals surface area (Å²) in [7, 11) is 2.91. The van der Waals surface area contributed by atoms with E-state index in [4.69, 9.17) is 0 Å². The summed E-state index contributed by atoms with van der Waals surface area (Å²) >= 11 is 1.31. The highest BCUT2D eigenvalue weighted by atomic mass is 32.1. The van der Waals surface area contributed by atoms with Gasteiger partial charge in [-0.2, -0.15) is 0 Å². The Bertz CT molecular complexity index is 1070. The van der Waals surface area contributed by atoms with Gasteiger partial charge in [-0.3, -0.25) is 24.0 Å². The molecule has 132 valence electrons. The Morgan fingerprint density at radius 1 is 1.24 bits per heavy atom. The van der Waals surface area contributed by atoms with Crippen LogP contribution in [0.4, 0.5) is 5.13 Å². The lowest BCUT2D eigenvalue weighted by Gasteiger charge is -2.06. The van der Waals surface area contributed by atoms with E-state index in [0.29, 0.717) is 5.13 Å². The molecule has 1 N–H and O–H groups in total. The van der Waals surface area contributed by atoms with Crippen molar-refractivity contribution in [3.8, 4) is 0 Å². The highest BCUT2D eigenvalue weighted by Gasteiger charge is 2.17. The van der Waals surface area contributed by atoms with E-state index >= 15 is 0 Å². The average Bonchev–Trinajstić information content (AvgIpc) is 3.18. The van der Waals surface area contributed by atoms with Crippen molar-refractivity contribution in [3.05, 3.63) is 32.2 Å². The topological polar surface area (TPSA) is 117 Å². The molecule has 11 heteroatoms. The fourth-order valence-electron chi connectivity index (χ4n) is 2.35. The lowest BCUT2D eigenvalue weighted by molar-refractivity contribution is -0.116. The van der Waals surface area contributed by atoms with E-state index < -0.39 is 11.2 Å². The summed E-state index contributed by atoms with van der Waals surface area (Å²) in [6, 6.07) is 0. The molecule has 0 atom stereocenters. The molecule has 3 rings (SSSR count). The van der Waals surface area contributed by atoms with Crippen molar-refractivity contribution in [3.63, 3.8) is 0 Å². The molecule has 0 aliphatic rings. The third kappa shape index (κ3) is 2.97. The minimum absolute atomic E-state index is 0.124. The molecular weight excluding hydrogens is 346 g/mol. The highest BCUT2D eigenvalue weighted by Crippen LogP contribution is 2.22. The van der Waals surface area contributed by atoms with Gasteiger partial charge in [0.2, 0.25) is 11.0 Å². The lowest BCUT2D eigenvalue weighted by Crippen LogP contribution is -2.37. The third-order valence-corrected chi connectivity index (χ3v) is 4.85. The van der Waals surface area contributed by atoms with Crippen LogP contribution in [0.3, 0.4) is 0 Å². The van der Waals surface area contributed by atoms with Crippen molar-refractivity contribution in [1.82, 2.24) is 28.9 Å². The van der Waals surface area contributed by atoms with Crippen LogP contribution in [-0.4, -0.2) is 34.8 Å². The van der Waals surface area contributed by atoms with Crippen molar-refractivity contribution >= 4 is 33.5 Å². The zero-order chi connectivity index (χ0) is 18.3. The van der Waals surface area contributed by atoms with Crippen LogP contribution in [0.5, 0.6) is 0 Å². The summed E-state index contributed by atoms with van der Waals surface area (Å²) in [4.78, 5) is 40.6. The predicted molar refractivity (Wildman–Crippen MR) is 92.8 cm³/mol. The van der Waals surface area contributed by atoms with Gasteiger partial charge in [0.05, 0.1) is 6.33 Å². The van der Waals surface area contributed by atoms with E-state index in [2.05, 4.69) is 20.5 Å². The lowest BCUT2D eigenvalue weighted by atomic mass is 10.2. The summed E-state index contributed by atoms with van der Waals surface area (Å²) in [5, 5.41) is 11.8. The molecule has 0 saturated heterocycles. The molecule has 3 heterocycles. The molecule has 3 aromatic rings. The van der Waals surface area contributed by atoms with Crippen molar-refractivity contribution in [2.24, 2.45) is 14.1 Å². The first kappa shape index (κ1) is 17.0. The van der Waals surface area contributed by atoms with Crippen molar-refractivity contribution in [1.29, 1.82) is 0 Å². The maximum Gasteiger partial charge on any atom is 0.332 e. The van der Waals surface area contributed by atoms with Gasteiger partial charge in [-0.25, -0.2) is 9.78 Å². The number of nitrogens with one attached hydrogen (secondary N) is 1. The number of rotatable bonds is 4. The van der Waals surface area contributed by atoms with Gasteiger partial charge in [0.1, 0.15) is 11.6 Å². The zero-order valence-electron chi connectivity index (χ0n) is 14.2. The van der Waals surface area contributed by atoms with E-state index in [1.54, 1.807) is 0 Å². The molecule has 0 radical (unpaired) electrons. The Kier molecular flexibility index (Phi) is 4.25. The molecule has 3 aromatic heterocycles. The van der Waals surface area contributed by atoms with Gasteiger partial charge in [0.25, 0.3) is 5.56 Å². The van der Waals surface area contributed by atoms with Crippen LogP contribution in [0.25, 0.3) is 11.2 Å². The summed E-state index contributed by atoms with van der Waals surface area (Å²) in [5.41, 5.74) is -0.539. The fraction of sp³-hybridized carbons (Fsp3) is 0.429. The minimum atomic E-state index is -0.499. The summed E-state index contributed by atoms with van der Waals surface area (Å²) in [6.07, 6.45) is 1.37. The van der Waals surface area contributed by atoms with Gasteiger partial charge >= 0.3 is 5.69 Å². The SMILES string of the molecule is CC(C)c1nnc(NC(=O)Cn2cnc3c2c(=O)n(C)c(=O)n3C)s1. The maximum absolute atomic E-state index is 12.3. The van der Waals surface area contributed by atoms with Crippen LogP contribution in [0.15, 0.2) is 15.9 Å². The number of anilines is 1. The van der Waals surface area contributed by atoms with Crippen LogP contribution < -0.4 is 16.6 Å². The summed E-state index contributed by atoms with van der Waals surface area (Å²) in [5.74, 6) is -0.133. The molecule has 25 heavy (non-hydrogen) atoms. The van der Waals surface area contributed by atoms with Crippen molar-refractivity contribution < 1.29 is 4.79 Å². The Hall–Kier alpha value is -2.82. The van der Waals surface area contributed by atoms with Crippen LogP contribution in [-0.2, 0) is 25.4 Å². The standard InChI is InChI=1S/C14H17N7O3S/c1-7(2)11-17-18-13(25-11)16-8(22)5-21-6-15-10-9(21)12(23)20(4)14(24)19(10)3/h6-7H,5H2,1-4H3,(H,16,18,22). The second-order valence-electron chi connectivity index (χ2n) is 5.90. The first-order valence-electron chi connectivity index (χ1n) is 7.53. The average molecular weight is 363 g/mol. The van der Waals surface area contributed by atoms with Crippen LogP contribution in [0.2, 0.25) is 0 Å². The Morgan fingerprint density at radius 2 is 1.96 bits per heavy atom. The number of aryl methyl sites for hydroxylation is 1. The molecule has 10 nitrogen and oxygen atoms in total. The van der Waals surface area contributed by atoms with Crippen LogP contribution in [0.1, 0.15) is 24.8 Å². The molecule has 0 saturated carbocycles. The number of amides is 1. The Morgan fingerprint density at radius 3 is 2.60 bits per heavy atom. The molecule has 0 fully saturated rings. The zero-order valence-corrected chi connectivity index (χ0v) is 15.0. The van der Waals surface area contributed by atoms with E-state index in [-0.39, 0.29) is 29.5 Å². The molecule has 0 aliphatic carbocycles. The van der Waals surface area contributed by atoms with Crippen molar-refractivity contribution in [2.75, 3.05) is 5.32 Å². The first-order chi connectivity index (χ1) is 11.8. The smallest absolute Gasteiger partial charge is 0.315 e. The number of aromatic nitrogens is 6. The van der Waals surface area contributed by atoms with E-state index in [0.717, 1.165) is 9.57 Å². The molecule has 0 unspecified atom stereocenters. The first-order valence-corrected chi connectivity index (χ1v) is 8.35. The highest BCUT2D eigenvalue weighted by molar-refractivity contribution is 7.15. The molecule has 0 spiro atoms. The minimum Gasteiger partial charge on any atom is -0.315 e. The number of fused-ring (bicyclic) bond motifs is 1. The van der Waals surface area contributed by atoms with Crippen LogP contribution >= 0.6 is 11.3 Å². The van der Waals surface area contributed by atoms with Gasteiger partial charge in [-0.05, 0) is 0 Å². The second kappa shape index (κ2) is 6.24. The number of hydrogen-bond acceptors (Lipinski definition) is 7. The second-order valence-corrected chi connectivity index (χ2v) is 6.91. The van der Waals surface area contributed by atoms with E-state index in [9.17, 15) is 14.4 Å². The predicted octanol–water partition coefficient (Wildman–Crippen LogP) is 0.0473. The van der Waals surface area contributed by atoms with Gasteiger partial charge < -0.3 is 4.57 Å². The van der Waals surface area contributed by atoms with Gasteiger partial charge in [0.15, 0.2) is 11.2 Å². The third-order valence-electron chi connectivity index (χ3n) is 3.71.